The fourth-order valence-electron chi connectivity index (χ4n) is 5.13. The van der Waals surface area contributed by atoms with Gasteiger partial charge in [-0.1, -0.05) is 6.07 Å². The molecule has 2 aromatic heterocycles. The fraction of sp³-hybridized carbons (Fsp3) is 0.333. The highest BCUT2D eigenvalue weighted by molar-refractivity contribution is 5.97. The van der Waals surface area contributed by atoms with E-state index in [1.807, 2.05) is 38.1 Å². The van der Waals surface area contributed by atoms with Crippen LogP contribution in [-0.2, 0) is 24.4 Å². The van der Waals surface area contributed by atoms with Crippen LogP contribution in [0.4, 0.5) is 0 Å². The van der Waals surface area contributed by atoms with Crippen LogP contribution < -0.4 is 20.7 Å². The molecule has 0 bridgehead atoms. The molecule has 9 nitrogen and oxygen atoms in total. The number of phenols is 1. The molecule has 0 spiro atoms. The quantitative estimate of drug-likeness (QED) is 0.471. The minimum Gasteiger partial charge on any atom is -0.504 e. The Morgan fingerprint density at radius 3 is 2.33 bits per heavy atom. The summed E-state index contributed by atoms with van der Waals surface area (Å²) in [5.41, 5.74) is 2.13. The fourth-order valence-corrected chi connectivity index (χ4v) is 5.13. The summed E-state index contributed by atoms with van der Waals surface area (Å²) in [7, 11) is 6.24. The zero-order valence-corrected chi connectivity index (χ0v) is 21.2. The number of fused-ring (bicyclic) bond motifs is 3. The standard InChI is InChI=1S/C27H29N3O6/c1-27(2)14-36-24(16-9-12-18(31)19(13-16)35-6)23-22-20(25(32)29(4)26(33)28(22)3)21(30(23)27)15-7-10-17(34-5)11-8-15/h7-13,24,31H,14H2,1-6H3/t24-/m0/s1. The van der Waals surface area contributed by atoms with Crippen molar-refractivity contribution in [2.75, 3.05) is 20.8 Å². The van der Waals surface area contributed by atoms with Crippen molar-refractivity contribution in [1.29, 1.82) is 0 Å². The predicted molar refractivity (Wildman–Crippen MR) is 136 cm³/mol. The van der Waals surface area contributed by atoms with Gasteiger partial charge in [-0.25, -0.2) is 4.79 Å². The van der Waals surface area contributed by atoms with Crippen LogP contribution >= 0.6 is 0 Å². The zero-order chi connectivity index (χ0) is 25.9. The van der Waals surface area contributed by atoms with Crippen molar-refractivity contribution in [1.82, 2.24) is 13.7 Å². The molecule has 0 saturated carbocycles. The van der Waals surface area contributed by atoms with E-state index in [1.165, 1.54) is 18.7 Å². The van der Waals surface area contributed by atoms with Gasteiger partial charge in [0.25, 0.3) is 5.56 Å². The topological polar surface area (TPSA) is 96.9 Å². The van der Waals surface area contributed by atoms with E-state index in [0.29, 0.717) is 40.4 Å². The summed E-state index contributed by atoms with van der Waals surface area (Å²) in [6.07, 6.45) is -0.611. The molecule has 1 aliphatic heterocycles. The monoisotopic (exact) mass is 491 g/mol. The van der Waals surface area contributed by atoms with Crippen molar-refractivity contribution in [3.05, 3.63) is 74.6 Å². The van der Waals surface area contributed by atoms with Gasteiger partial charge < -0.3 is 23.9 Å². The van der Waals surface area contributed by atoms with Crippen LogP contribution in [0.25, 0.3) is 22.2 Å². The molecule has 1 atom stereocenters. The highest BCUT2D eigenvalue weighted by atomic mass is 16.5. The summed E-state index contributed by atoms with van der Waals surface area (Å²) in [4.78, 5) is 26.7. The molecule has 36 heavy (non-hydrogen) atoms. The van der Waals surface area contributed by atoms with Crippen molar-refractivity contribution < 1.29 is 19.3 Å². The molecule has 3 heterocycles. The van der Waals surface area contributed by atoms with Crippen LogP contribution in [0.15, 0.2) is 52.1 Å². The summed E-state index contributed by atoms with van der Waals surface area (Å²) in [5.74, 6) is 1.02. The molecule has 0 radical (unpaired) electrons. The Labute approximate surface area is 207 Å². The van der Waals surface area contributed by atoms with E-state index in [2.05, 4.69) is 4.57 Å². The van der Waals surface area contributed by atoms with Crippen LogP contribution in [0.2, 0.25) is 0 Å². The van der Waals surface area contributed by atoms with Crippen LogP contribution in [-0.4, -0.2) is 39.6 Å². The number of rotatable bonds is 4. The summed E-state index contributed by atoms with van der Waals surface area (Å²) < 4.78 is 21.8. The molecule has 0 aliphatic carbocycles. The Balaban J connectivity index is 1.95. The largest absolute Gasteiger partial charge is 0.504 e. The molecular formula is C27H29N3O6. The molecule has 0 fully saturated rings. The van der Waals surface area contributed by atoms with Gasteiger partial charge in [0.1, 0.15) is 11.9 Å². The Morgan fingerprint density at radius 2 is 1.69 bits per heavy atom. The second kappa shape index (κ2) is 8.30. The Bertz CT molecular complexity index is 1610. The smallest absolute Gasteiger partial charge is 0.331 e. The second-order valence-electron chi connectivity index (χ2n) is 9.66. The normalized spacial score (nSPS) is 16.7. The molecule has 2 aromatic carbocycles. The Morgan fingerprint density at radius 1 is 1.00 bits per heavy atom. The number of hydrogen-bond acceptors (Lipinski definition) is 6. The average molecular weight is 492 g/mol. The maximum Gasteiger partial charge on any atom is 0.331 e. The summed E-state index contributed by atoms with van der Waals surface area (Å²) >= 11 is 0. The molecule has 188 valence electrons. The second-order valence-corrected chi connectivity index (χ2v) is 9.66. The molecule has 0 unspecified atom stereocenters. The van der Waals surface area contributed by atoms with Crippen LogP contribution in [0.3, 0.4) is 0 Å². The number of methoxy groups -OCH3 is 2. The molecule has 0 saturated heterocycles. The SMILES string of the molecule is COc1ccc(-c2c3c(=O)n(C)c(=O)n(C)c3c3n2C(C)(C)CO[C@H]3c2ccc(O)c(OC)c2)cc1. The third-order valence-electron chi connectivity index (χ3n) is 6.94. The summed E-state index contributed by atoms with van der Waals surface area (Å²) in [6, 6.07) is 12.6. The van der Waals surface area contributed by atoms with Crippen molar-refractivity contribution in [3.63, 3.8) is 0 Å². The number of aryl methyl sites for hydroxylation is 1. The molecule has 1 aliphatic rings. The van der Waals surface area contributed by atoms with Gasteiger partial charge in [-0.05, 0) is 61.4 Å². The molecule has 5 rings (SSSR count). The maximum atomic E-state index is 13.7. The number of ether oxygens (including phenoxy) is 3. The Kier molecular flexibility index (Phi) is 5.48. The minimum atomic E-state index is -0.611. The lowest BCUT2D eigenvalue weighted by Crippen LogP contribution is -2.40. The van der Waals surface area contributed by atoms with E-state index in [1.54, 1.807) is 32.4 Å². The van der Waals surface area contributed by atoms with Crippen LogP contribution in [0, 0.1) is 0 Å². The third-order valence-corrected chi connectivity index (χ3v) is 6.94. The number of aromatic hydroxyl groups is 1. The lowest BCUT2D eigenvalue weighted by molar-refractivity contribution is -0.00716. The highest BCUT2D eigenvalue weighted by Crippen LogP contribution is 2.46. The van der Waals surface area contributed by atoms with E-state index in [-0.39, 0.29) is 11.3 Å². The molecule has 9 heteroatoms. The number of benzene rings is 2. The van der Waals surface area contributed by atoms with E-state index >= 15 is 0 Å². The van der Waals surface area contributed by atoms with E-state index in [4.69, 9.17) is 14.2 Å². The van der Waals surface area contributed by atoms with Crippen LogP contribution in [0.5, 0.6) is 17.2 Å². The third kappa shape index (κ3) is 3.34. The van der Waals surface area contributed by atoms with Crippen molar-refractivity contribution in [2.45, 2.75) is 25.5 Å². The first-order valence-electron chi connectivity index (χ1n) is 11.6. The van der Waals surface area contributed by atoms with Gasteiger partial charge in [-0.15, -0.1) is 0 Å². The molecule has 1 N–H and O–H groups in total. The summed E-state index contributed by atoms with van der Waals surface area (Å²) in [5, 5.41) is 10.6. The van der Waals surface area contributed by atoms with Gasteiger partial charge in [0.05, 0.1) is 48.7 Å². The van der Waals surface area contributed by atoms with E-state index in [0.717, 1.165) is 15.7 Å². The van der Waals surface area contributed by atoms with Crippen molar-refractivity contribution >= 4 is 10.9 Å². The van der Waals surface area contributed by atoms with Crippen molar-refractivity contribution in [3.8, 4) is 28.5 Å². The first-order valence-corrected chi connectivity index (χ1v) is 11.6. The number of phenolic OH excluding ortho intramolecular Hbond substituents is 1. The average Bonchev–Trinajstić information content (AvgIpc) is 3.24. The minimum absolute atomic E-state index is 0.0119. The van der Waals surface area contributed by atoms with Crippen LogP contribution in [0.1, 0.15) is 31.2 Å². The predicted octanol–water partition coefficient (Wildman–Crippen LogP) is 3.28. The molecule has 0 amide bonds. The number of aromatic nitrogens is 3. The van der Waals surface area contributed by atoms with E-state index in [9.17, 15) is 14.7 Å². The molecular weight excluding hydrogens is 462 g/mol. The first kappa shape index (κ1) is 23.7. The highest BCUT2D eigenvalue weighted by Gasteiger charge is 2.40. The lowest BCUT2D eigenvalue weighted by atomic mass is 9.97. The number of hydrogen-bond donors (Lipinski definition) is 1. The lowest BCUT2D eigenvalue weighted by Gasteiger charge is -2.39. The maximum absolute atomic E-state index is 13.7. The zero-order valence-electron chi connectivity index (χ0n) is 21.2. The van der Waals surface area contributed by atoms with Gasteiger partial charge in [-0.2, -0.15) is 0 Å². The van der Waals surface area contributed by atoms with Gasteiger partial charge in [0.15, 0.2) is 11.5 Å². The van der Waals surface area contributed by atoms with Crippen molar-refractivity contribution in [2.24, 2.45) is 14.1 Å². The van der Waals surface area contributed by atoms with Gasteiger partial charge in [0.2, 0.25) is 0 Å². The first-order chi connectivity index (χ1) is 17.1. The van der Waals surface area contributed by atoms with Gasteiger partial charge in [0, 0.05) is 14.1 Å². The summed E-state index contributed by atoms with van der Waals surface area (Å²) in [6.45, 7) is 4.43. The van der Waals surface area contributed by atoms with Gasteiger partial charge >= 0.3 is 5.69 Å². The van der Waals surface area contributed by atoms with E-state index < -0.39 is 17.3 Å². The Hall–Kier alpha value is -3.98. The molecule has 4 aromatic rings. The number of nitrogens with zero attached hydrogens (tertiary/aromatic N) is 3. The van der Waals surface area contributed by atoms with Gasteiger partial charge in [-0.3, -0.25) is 13.9 Å².